The minimum Gasteiger partial charge on any atom is -0.503 e. The third kappa shape index (κ3) is 4.21. The van der Waals surface area contributed by atoms with Crippen molar-refractivity contribution in [2.75, 3.05) is 24.7 Å². The summed E-state index contributed by atoms with van der Waals surface area (Å²) in [6.07, 6.45) is -3.14. The lowest BCUT2D eigenvalue weighted by Crippen LogP contribution is -2.47. The topological polar surface area (TPSA) is 76.3 Å². The summed E-state index contributed by atoms with van der Waals surface area (Å²) in [5.74, 6) is -5.01. The molecule has 0 aliphatic carbocycles. The Morgan fingerprint density at radius 3 is 2.61 bits per heavy atom. The van der Waals surface area contributed by atoms with Gasteiger partial charge in [-0.25, -0.2) is 18.4 Å². The normalized spacial score (nSPS) is 16.6. The van der Waals surface area contributed by atoms with Crippen LogP contribution in [0.3, 0.4) is 0 Å². The molecule has 1 aliphatic heterocycles. The second-order valence-corrected chi connectivity index (χ2v) is 8.44. The zero-order valence-electron chi connectivity index (χ0n) is 18.9. The number of benzene rings is 2. The number of halogens is 5. The van der Waals surface area contributed by atoms with E-state index in [0.717, 1.165) is 5.56 Å². The van der Waals surface area contributed by atoms with E-state index in [1.54, 1.807) is 0 Å². The van der Waals surface area contributed by atoms with Crippen molar-refractivity contribution in [3.05, 3.63) is 65.4 Å². The van der Waals surface area contributed by atoms with Crippen molar-refractivity contribution in [2.24, 2.45) is 7.05 Å². The second kappa shape index (κ2) is 9.01. The van der Waals surface area contributed by atoms with Gasteiger partial charge in [-0.2, -0.15) is 23.3 Å². The number of aromatic nitrogens is 4. The van der Waals surface area contributed by atoms with E-state index in [2.05, 4.69) is 15.1 Å². The Morgan fingerprint density at radius 2 is 1.89 bits per heavy atom. The molecule has 0 radical (unpaired) electrons. The molecule has 0 bridgehead atoms. The van der Waals surface area contributed by atoms with E-state index in [4.69, 9.17) is 4.74 Å². The van der Waals surface area contributed by atoms with Gasteiger partial charge in [-0.05, 0) is 18.1 Å². The summed E-state index contributed by atoms with van der Waals surface area (Å²) in [6, 6.07) is 10.1. The number of anilines is 1. The predicted octanol–water partition coefficient (Wildman–Crippen LogP) is 4.48. The van der Waals surface area contributed by atoms with Gasteiger partial charge in [0.2, 0.25) is 5.95 Å². The number of hydrogen-bond donors (Lipinski definition) is 1. The Kier molecular flexibility index (Phi) is 5.99. The maximum atomic E-state index is 14.7. The van der Waals surface area contributed by atoms with E-state index < -0.39 is 34.7 Å². The molecule has 1 aliphatic rings. The average Bonchev–Trinajstić information content (AvgIpc) is 3.18. The molecule has 0 saturated carbocycles. The Bertz CT molecular complexity index is 1420. The van der Waals surface area contributed by atoms with Gasteiger partial charge in [0.1, 0.15) is 5.69 Å². The van der Waals surface area contributed by atoms with Crippen molar-refractivity contribution < 1.29 is 31.8 Å². The molecule has 0 amide bonds. The van der Waals surface area contributed by atoms with Crippen molar-refractivity contribution in [1.82, 2.24) is 19.7 Å². The highest BCUT2D eigenvalue weighted by atomic mass is 19.4. The highest BCUT2D eigenvalue weighted by Gasteiger charge is 2.38. The summed E-state index contributed by atoms with van der Waals surface area (Å²) >= 11 is 0. The first-order chi connectivity index (χ1) is 17.1. The molecule has 5 rings (SSSR count). The van der Waals surface area contributed by atoms with Crippen molar-refractivity contribution in [2.45, 2.75) is 18.6 Å². The van der Waals surface area contributed by atoms with Crippen LogP contribution in [0, 0.1) is 11.6 Å². The highest BCUT2D eigenvalue weighted by Crippen LogP contribution is 2.41. The van der Waals surface area contributed by atoms with Crippen LogP contribution in [0.25, 0.3) is 22.3 Å². The fourth-order valence-corrected chi connectivity index (χ4v) is 4.34. The van der Waals surface area contributed by atoms with Gasteiger partial charge in [0.15, 0.2) is 23.0 Å². The van der Waals surface area contributed by atoms with E-state index in [-0.39, 0.29) is 28.8 Å². The molecule has 7 nitrogen and oxygen atoms in total. The van der Waals surface area contributed by atoms with Crippen LogP contribution in [0.1, 0.15) is 11.1 Å². The Hall–Kier alpha value is -3.80. The third-order valence-electron chi connectivity index (χ3n) is 6.10. The number of aromatic hydroxyl groups is 1. The van der Waals surface area contributed by atoms with Crippen molar-refractivity contribution in [3.63, 3.8) is 0 Å². The number of rotatable bonds is 4. The summed E-state index contributed by atoms with van der Waals surface area (Å²) in [7, 11) is 1.50. The molecule has 1 atom stereocenters. The van der Waals surface area contributed by atoms with E-state index in [9.17, 15) is 27.1 Å². The van der Waals surface area contributed by atoms with Gasteiger partial charge >= 0.3 is 6.18 Å². The van der Waals surface area contributed by atoms with Crippen molar-refractivity contribution in [3.8, 4) is 17.0 Å². The highest BCUT2D eigenvalue weighted by molar-refractivity contribution is 5.91. The zero-order valence-corrected chi connectivity index (χ0v) is 18.9. The van der Waals surface area contributed by atoms with E-state index >= 15 is 0 Å². The van der Waals surface area contributed by atoms with Gasteiger partial charge in [-0.3, -0.25) is 0 Å². The number of alkyl halides is 3. The van der Waals surface area contributed by atoms with E-state index in [1.165, 1.54) is 17.9 Å². The molecule has 2 aromatic carbocycles. The van der Waals surface area contributed by atoms with Crippen LogP contribution < -0.4 is 4.90 Å². The predicted molar refractivity (Wildman–Crippen MR) is 120 cm³/mol. The van der Waals surface area contributed by atoms with Crippen LogP contribution in [-0.4, -0.2) is 50.7 Å². The van der Waals surface area contributed by atoms with Crippen molar-refractivity contribution in [1.29, 1.82) is 0 Å². The summed E-state index contributed by atoms with van der Waals surface area (Å²) < 4.78 is 75.4. The van der Waals surface area contributed by atoms with Gasteiger partial charge in [-0.1, -0.05) is 30.3 Å². The van der Waals surface area contributed by atoms with Crippen LogP contribution in [0.4, 0.5) is 27.9 Å². The summed E-state index contributed by atoms with van der Waals surface area (Å²) in [6.45, 7) is 1.43. The molecule has 2 aromatic heterocycles. The van der Waals surface area contributed by atoms with Gasteiger partial charge in [-0.15, -0.1) is 0 Å². The Morgan fingerprint density at radius 1 is 1.14 bits per heavy atom. The van der Waals surface area contributed by atoms with Crippen LogP contribution in [0.2, 0.25) is 0 Å². The molecular formula is C24H20F5N5O2. The van der Waals surface area contributed by atoms with Crippen molar-refractivity contribution >= 4 is 17.0 Å². The molecule has 12 heteroatoms. The Labute approximate surface area is 201 Å². The molecule has 0 unspecified atom stereocenters. The minimum atomic E-state index is -5.15. The van der Waals surface area contributed by atoms with E-state index in [0.29, 0.717) is 32.1 Å². The zero-order chi connectivity index (χ0) is 25.6. The molecule has 36 heavy (non-hydrogen) atoms. The fraction of sp³-hybridized carbons (Fsp3) is 0.292. The molecule has 0 spiro atoms. The maximum Gasteiger partial charge on any atom is 0.419 e. The quantitative estimate of drug-likeness (QED) is 0.413. The average molecular weight is 505 g/mol. The molecule has 1 saturated heterocycles. The van der Waals surface area contributed by atoms with Gasteiger partial charge in [0, 0.05) is 25.4 Å². The fourth-order valence-electron chi connectivity index (χ4n) is 4.34. The molecule has 188 valence electrons. The number of morpholine rings is 1. The number of nitrogens with zero attached hydrogens (tertiary/aromatic N) is 5. The van der Waals surface area contributed by atoms with Gasteiger partial charge < -0.3 is 14.7 Å². The number of phenols is 1. The van der Waals surface area contributed by atoms with Crippen LogP contribution in [-0.2, 0) is 24.4 Å². The Balaban J connectivity index is 1.56. The first-order valence-electron chi connectivity index (χ1n) is 11.0. The maximum absolute atomic E-state index is 14.7. The smallest absolute Gasteiger partial charge is 0.419 e. The third-order valence-corrected chi connectivity index (χ3v) is 6.10. The summed E-state index contributed by atoms with van der Waals surface area (Å²) in [5, 5.41) is 14.0. The molecule has 3 heterocycles. The number of fused-ring (bicyclic) bond motifs is 1. The van der Waals surface area contributed by atoms with Gasteiger partial charge in [0.05, 0.1) is 30.2 Å². The lowest BCUT2D eigenvalue weighted by atomic mass is 10.0. The second-order valence-electron chi connectivity index (χ2n) is 8.44. The molecule has 4 aromatic rings. The van der Waals surface area contributed by atoms with Crippen LogP contribution >= 0.6 is 0 Å². The summed E-state index contributed by atoms with van der Waals surface area (Å²) in [4.78, 5) is 10.9. The number of phenolic OH excluding ortho intramolecular Hbond substituents is 1. The van der Waals surface area contributed by atoms with Crippen LogP contribution in [0.15, 0.2) is 42.6 Å². The SMILES string of the molecule is Cn1nc(-c2cc(C(F)(F)F)c(F)c(O)c2F)c2cnc(N3CCOC[C@H]3Cc3ccccc3)nc21. The molecule has 1 N–H and O–H groups in total. The lowest BCUT2D eigenvalue weighted by Gasteiger charge is -2.35. The van der Waals surface area contributed by atoms with Crippen LogP contribution in [0.5, 0.6) is 5.75 Å². The number of aryl methyl sites for hydroxylation is 1. The lowest BCUT2D eigenvalue weighted by molar-refractivity contribution is -0.140. The summed E-state index contributed by atoms with van der Waals surface area (Å²) in [5.41, 5.74) is -1.42. The first kappa shape index (κ1) is 23.9. The monoisotopic (exact) mass is 505 g/mol. The van der Waals surface area contributed by atoms with E-state index in [1.807, 2.05) is 35.2 Å². The number of ether oxygens (including phenoxy) is 1. The standard InChI is InChI=1S/C24H20F5N5O2/c1-33-22-16(20(32-33)15-10-17(24(27,28)29)19(26)21(35)18(15)25)11-30-23(31-22)34-7-8-36-12-14(34)9-13-5-3-2-4-6-13/h2-6,10-11,14,35H,7-9,12H2,1H3/t14-/m1/s1. The first-order valence-corrected chi connectivity index (χ1v) is 11.0. The number of hydrogen-bond acceptors (Lipinski definition) is 6. The molecule has 1 fully saturated rings. The molecular weight excluding hydrogens is 485 g/mol. The largest absolute Gasteiger partial charge is 0.503 e. The minimum absolute atomic E-state index is 0.0628. The van der Waals surface area contributed by atoms with Gasteiger partial charge in [0.25, 0.3) is 0 Å².